The standard InChI is InChI=1S/C35H23N3/c1-2-10-24(11-3-1)25-18-20-28(21-19-25)37-32-16-8-6-14-29(32)30-15-7-9-17-33(30)38-34-23-27-13-5-4-12-26(27)22-31(34)36-35(37)38/h1-23H. The molecular weight excluding hydrogens is 462 g/mol. The van der Waals surface area contributed by atoms with E-state index in [-0.39, 0.29) is 0 Å². The Morgan fingerprint density at radius 1 is 0.474 bits per heavy atom. The second kappa shape index (κ2) is 8.19. The predicted molar refractivity (Wildman–Crippen MR) is 158 cm³/mol. The van der Waals surface area contributed by atoms with E-state index < -0.39 is 0 Å². The van der Waals surface area contributed by atoms with Gasteiger partial charge in [-0.25, -0.2) is 4.98 Å². The maximum absolute atomic E-state index is 5.29. The van der Waals surface area contributed by atoms with Gasteiger partial charge < -0.3 is 0 Å². The van der Waals surface area contributed by atoms with E-state index in [9.17, 15) is 0 Å². The number of fused-ring (bicyclic) bond motifs is 8. The Balaban J connectivity index is 1.43. The van der Waals surface area contributed by atoms with Crippen molar-refractivity contribution in [2.75, 3.05) is 4.90 Å². The molecule has 0 amide bonds. The summed E-state index contributed by atoms with van der Waals surface area (Å²) in [5.41, 5.74) is 10.2. The number of anilines is 3. The van der Waals surface area contributed by atoms with Gasteiger partial charge >= 0.3 is 0 Å². The van der Waals surface area contributed by atoms with E-state index in [1.54, 1.807) is 0 Å². The second-order valence-corrected chi connectivity index (χ2v) is 9.72. The van der Waals surface area contributed by atoms with Crippen LogP contribution in [0.4, 0.5) is 17.3 Å². The lowest BCUT2D eigenvalue weighted by Gasteiger charge is -2.24. The van der Waals surface area contributed by atoms with Crippen molar-refractivity contribution in [3.63, 3.8) is 0 Å². The third-order valence-electron chi connectivity index (χ3n) is 7.52. The lowest BCUT2D eigenvalue weighted by Crippen LogP contribution is -2.14. The fourth-order valence-electron chi connectivity index (χ4n) is 5.73. The zero-order chi connectivity index (χ0) is 25.1. The molecule has 178 valence electrons. The van der Waals surface area contributed by atoms with Crippen LogP contribution in [-0.2, 0) is 0 Å². The normalized spacial score (nSPS) is 12.2. The largest absolute Gasteiger partial charge is 0.280 e. The van der Waals surface area contributed by atoms with Gasteiger partial charge in [0.15, 0.2) is 0 Å². The molecule has 1 aromatic heterocycles. The van der Waals surface area contributed by atoms with Gasteiger partial charge in [-0.2, -0.15) is 0 Å². The molecular formula is C35H23N3. The van der Waals surface area contributed by atoms with Gasteiger partial charge in [-0.3, -0.25) is 9.47 Å². The van der Waals surface area contributed by atoms with Gasteiger partial charge in [0.05, 0.1) is 22.4 Å². The lowest BCUT2D eigenvalue weighted by molar-refractivity contribution is 1.05. The van der Waals surface area contributed by atoms with Crippen LogP contribution in [-0.4, -0.2) is 9.55 Å². The van der Waals surface area contributed by atoms with Crippen molar-refractivity contribution in [3.8, 4) is 27.9 Å². The highest BCUT2D eigenvalue weighted by atomic mass is 15.3. The number of hydrogen-bond acceptors (Lipinski definition) is 2. The lowest BCUT2D eigenvalue weighted by atomic mass is 10.0. The molecule has 0 saturated heterocycles. The number of para-hydroxylation sites is 2. The van der Waals surface area contributed by atoms with E-state index in [4.69, 9.17) is 4.98 Å². The van der Waals surface area contributed by atoms with Crippen LogP contribution in [0.3, 0.4) is 0 Å². The minimum atomic E-state index is 0.889. The molecule has 0 bridgehead atoms. The SMILES string of the molecule is c1ccc(-c2ccc(N3c4ccccc4-c4ccccc4-n4c3nc3cc5ccccc5cc34)cc2)cc1. The van der Waals surface area contributed by atoms with Crippen LogP contribution < -0.4 is 4.90 Å². The highest BCUT2D eigenvalue weighted by Crippen LogP contribution is 2.47. The molecule has 38 heavy (non-hydrogen) atoms. The summed E-state index contributed by atoms with van der Waals surface area (Å²) in [7, 11) is 0. The van der Waals surface area contributed by atoms with E-state index in [2.05, 4.69) is 149 Å². The van der Waals surface area contributed by atoms with Crippen molar-refractivity contribution in [1.82, 2.24) is 9.55 Å². The second-order valence-electron chi connectivity index (χ2n) is 9.72. The average Bonchev–Trinajstić information content (AvgIpc) is 3.29. The Hall–Kier alpha value is -5.15. The van der Waals surface area contributed by atoms with Crippen LogP contribution in [0.15, 0.2) is 140 Å². The molecule has 3 heteroatoms. The summed E-state index contributed by atoms with van der Waals surface area (Å²) in [5, 5.41) is 2.40. The summed E-state index contributed by atoms with van der Waals surface area (Å²) in [6.45, 7) is 0. The molecule has 0 atom stereocenters. The van der Waals surface area contributed by atoms with Gasteiger partial charge in [0.1, 0.15) is 0 Å². The summed E-state index contributed by atoms with van der Waals surface area (Å²) in [6, 6.07) is 49.6. The molecule has 2 heterocycles. The first-order valence-corrected chi connectivity index (χ1v) is 12.9. The zero-order valence-electron chi connectivity index (χ0n) is 20.6. The highest BCUT2D eigenvalue weighted by Gasteiger charge is 2.29. The van der Waals surface area contributed by atoms with E-state index in [0.29, 0.717) is 0 Å². The molecule has 0 aliphatic carbocycles. The van der Waals surface area contributed by atoms with Crippen LogP contribution in [0.25, 0.3) is 49.7 Å². The molecule has 0 unspecified atom stereocenters. The Kier molecular flexibility index (Phi) is 4.52. The Labute approximate surface area is 220 Å². The van der Waals surface area contributed by atoms with Crippen molar-refractivity contribution < 1.29 is 0 Å². The smallest absolute Gasteiger partial charge is 0.220 e. The van der Waals surface area contributed by atoms with Crippen molar-refractivity contribution in [2.45, 2.75) is 0 Å². The van der Waals surface area contributed by atoms with E-state index in [0.717, 1.165) is 34.0 Å². The molecule has 1 aliphatic rings. The first-order chi connectivity index (χ1) is 18.8. The molecule has 0 spiro atoms. The fraction of sp³-hybridized carbons (Fsp3) is 0. The molecule has 0 saturated carbocycles. The molecule has 6 aromatic carbocycles. The maximum atomic E-state index is 5.29. The van der Waals surface area contributed by atoms with Crippen LogP contribution in [0, 0.1) is 0 Å². The van der Waals surface area contributed by atoms with Gasteiger partial charge in [0.25, 0.3) is 0 Å². The molecule has 8 rings (SSSR count). The monoisotopic (exact) mass is 485 g/mol. The molecule has 7 aromatic rings. The predicted octanol–water partition coefficient (Wildman–Crippen LogP) is 9.30. The molecule has 1 aliphatic heterocycles. The molecule has 0 fully saturated rings. The topological polar surface area (TPSA) is 21.1 Å². The van der Waals surface area contributed by atoms with Gasteiger partial charge in [-0.1, -0.05) is 103 Å². The number of rotatable bonds is 2. The third kappa shape index (κ3) is 3.12. The number of imidazole rings is 1. The van der Waals surface area contributed by atoms with Crippen LogP contribution in [0.2, 0.25) is 0 Å². The first kappa shape index (κ1) is 21.0. The van der Waals surface area contributed by atoms with Gasteiger partial charge in [0.2, 0.25) is 5.95 Å². The van der Waals surface area contributed by atoms with Gasteiger partial charge in [0, 0.05) is 16.8 Å². The van der Waals surface area contributed by atoms with Crippen molar-refractivity contribution >= 4 is 39.1 Å². The van der Waals surface area contributed by atoms with Crippen molar-refractivity contribution in [3.05, 3.63) is 140 Å². The zero-order valence-corrected chi connectivity index (χ0v) is 20.6. The summed E-state index contributed by atoms with van der Waals surface area (Å²) in [4.78, 5) is 7.59. The Morgan fingerprint density at radius 2 is 1.05 bits per heavy atom. The third-order valence-corrected chi connectivity index (χ3v) is 7.52. The highest BCUT2D eigenvalue weighted by molar-refractivity contribution is 6.01. The molecule has 0 radical (unpaired) electrons. The van der Waals surface area contributed by atoms with Crippen LogP contribution in [0.1, 0.15) is 0 Å². The number of aromatic nitrogens is 2. The van der Waals surface area contributed by atoms with Crippen molar-refractivity contribution in [1.29, 1.82) is 0 Å². The Bertz CT molecular complexity index is 1970. The quantitative estimate of drug-likeness (QED) is 0.243. The van der Waals surface area contributed by atoms with Gasteiger partial charge in [-0.05, 0) is 58.3 Å². The minimum absolute atomic E-state index is 0.889. The summed E-state index contributed by atoms with van der Waals surface area (Å²) >= 11 is 0. The minimum Gasteiger partial charge on any atom is -0.280 e. The summed E-state index contributed by atoms with van der Waals surface area (Å²) in [5.74, 6) is 0.889. The van der Waals surface area contributed by atoms with E-state index in [1.165, 1.54) is 33.0 Å². The fourth-order valence-corrected chi connectivity index (χ4v) is 5.73. The van der Waals surface area contributed by atoms with Crippen molar-refractivity contribution in [2.24, 2.45) is 0 Å². The summed E-state index contributed by atoms with van der Waals surface area (Å²) < 4.78 is 2.32. The molecule has 0 N–H and O–H groups in total. The average molecular weight is 486 g/mol. The van der Waals surface area contributed by atoms with Gasteiger partial charge in [-0.15, -0.1) is 0 Å². The van der Waals surface area contributed by atoms with Crippen LogP contribution in [0.5, 0.6) is 0 Å². The van der Waals surface area contributed by atoms with E-state index >= 15 is 0 Å². The molecule has 3 nitrogen and oxygen atoms in total. The number of nitrogens with zero attached hydrogens (tertiary/aromatic N) is 3. The van der Waals surface area contributed by atoms with E-state index in [1.807, 2.05) is 0 Å². The summed E-state index contributed by atoms with van der Waals surface area (Å²) in [6.07, 6.45) is 0. The maximum Gasteiger partial charge on any atom is 0.220 e. The number of benzene rings is 6. The first-order valence-electron chi connectivity index (χ1n) is 12.9. The van der Waals surface area contributed by atoms with Crippen LogP contribution >= 0.6 is 0 Å². The Morgan fingerprint density at radius 3 is 1.82 bits per heavy atom. The number of hydrogen-bond donors (Lipinski definition) is 0.